The Bertz CT molecular complexity index is 1150. The van der Waals surface area contributed by atoms with Gasteiger partial charge in [0, 0.05) is 22.8 Å². The van der Waals surface area contributed by atoms with Gasteiger partial charge in [0.15, 0.2) is 0 Å². The van der Waals surface area contributed by atoms with E-state index in [-0.39, 0.29) is 29.8 Å². The summed E-state index contributed by atoms with van der Waals surface area (Å²) in [5, 5.41) is 6.80. The minimum absolute atomic E-state index is 0.0339. The fourth-order valence-electron chi connectivity index (χ4n) is 6.90. The monoisotopic (exact) mass is 511 g/mol. The van der Waals surface area contributed by atoms with Gasteiger partial charge in [0.2, 0.25) is 17.7 Å². The molecule has 2 N–H and O–H groups in total. The lowest BCUT2D eigenvalue weighted by atomic mass is 9.73. The maximum atomic E-state index is 13.9. The molecule has 0 radical (unpaired) electrons. The first kappa shape index (κ1) is 24.0. The smallest absolute Gasteiger partial charge is 0.246 e. The van der Waals surface area contributed by atoms with E-state index in [1.165, 1.54) is 6.42 Å². The number of rotatable bonds is 5. The predicted octanol–water partition coefficient (Wildman–Crippen LogP) is 3.84. The van der Waals surface area contributed by atoms with Gasteiger partial charge in [-0.15, -0.1) is 0 Å². The first-order chi connectivity index (χ1) is 17.2. The third-order valence-corrected chi connectivity index (χ3v) is 9.68. The molecule has 8 unspecified atom stereocenters. The molecule has 1 spiro atoms. The van der Waals surface area contributed by atoms with Crippen molar-refractivity contribution in [2.24, 2.45) is 23.7 Å². The molecule has 3 heterocycles. The Hall–Kier alpha value is -2.38. The lowest BCUT2D eigenvalue weighted by Crippen LogP contribution is -2.58. The molecule has 4 fully saturated rings. The second kappa shape index (κ2) is 8.59. The Morgan fingerprint density at radius 3 is 2.64 bits per heavy atom. The SMILES string of the molecule is Cc1ccc(NC(=O)C2C3C=CC4(O3)C2C(=O)N(C2CC2)C4C(=O)NC2CCCC(C)C2C)cc1Cl. The van der Waals surface area contributed by atoms with E-state index in [9.17, 15) is 14.4 Å². The van der Waals surface area contributed by atoms with Crippen molar-refractivity contribution in [3.8, 4) is 0 Å². The number of benzene rings is 1. The highest BCUT2D eigenvalue weighted by Gasteiger charge is 2.74. The number of amides is 3. The van der Waals surface area contributed by atoms with E-state index in [0.717, 1.165) is 31.2 Å². The zero-order chi connectivity index (χ0) is 25.4. The molecule has 5 aliphatic rings. The molecule has 6 rings (SSSR count). The van der Waals surface area contributed by atoms with Gasteiger partial charge in [-0.2, -0.15) is 0 Å². The Kier molecular flexibility index (Phi) is 5.72. The van der Waals surface area contributed by atoms with Crippen LogP contribution in [0.3, 0.4) is 0 Å². The van der Waals surface area contributed by atoms with E-state index < -0.39 is 29.6 Å². The number of fused-ring (bicyclic) bond motifs is 1. The van der Waals surface area contributed by atoms with E-state index in [1.54, 1.807) is 17.0 Å². The highest BCUT2D eigenvalue weighted by Crippen LogP contribution is 2.57. The maximum absolute atomic E-state index is 13.9. The average Bonchev–Trinajstić information content (AvgIpc) is 3.43. The van der Waals surface area contributed by atoms with Crippen LogP contribution in [-0.4, -0.2) is 52.5 Å². The van der Waals surface area contributed by atoms with Crippen LogP contribution in [0.4, 0.5) is 5.69 Å². The van der Waals surface area contributed by atoms with Crippen molar-refractivity contribution in [1.29, 1.82) is 0 Å². The first-order valence-corrected chi connectivity index (χ1v) is 13.7. The van der Waals surface area contributed by atoms with Gasteiger partial charge in [-0.05, 0) is 55.7 Å². The van der Waals surface area contributed by atoms with Gasteiger partial charge in [-0.3, -0.25) is 14.4 Å². The molecule has 2 saturated carbocycles. The number of nitrogens with zero attached hydrogens (tertiary/aromatic N) is 1. The van der Waals surface area contributed by atoms with Gasteiger partial charge in [-0.25, -0.2) is 0 Å². The van der Waals surface area contributed by atoms with Crippen LogP contribution in [0.1, 0.15) is 51.5 Å². The molecule has 7 nitrogen and oxygen atoms in total. The van der Waals surface area contributed by atoms with Crippen molar-refractivity contribution < 1.29 is 19.1 Å². The molecule has 36 heavy (non-hydrogen) atoms. The highest BCUT2D eigenvalue weighted by atomic mass is 35.5. The topological polar surface area (TPSA) is 87.7 Å². The molecular formula is C28H34ClN3O4. The summed E-state index contributed by atoms with van der Waals surface area (Å²) in [6.45, 7) is 6.33. The van der Waals surface area contributed by atoms with Crippen molar-refractivity contribution in [3.63, 3.8) is 0 Å². The molecule has 2 saturated heterocycles. The van der Waals surface area contributed by atoms with Crippen LogP contribution >= 0.6 is 11.6 Å². The van der Waals surface area contributed by atoms with Crippen LogP contribution in [0.5, 0.6) is 0 Å². The van der Waals surface area contributed by atoms with Crippen molar-refractivity contribution in [2.75, 3.05) is 5.32 Å². The summed E-state index contributed by atoms with van der Waals surface area (Å²) in [6.07, 6.45) is 8.16. The molecule has 8 atom stereocenters. The fourth-order valence-corrected chi connectivity index (χ4v) is 7.08. The largest absolute Gasteiger partial charge is 0.359 e. The Labute approximate surface area is 217 Å². The number of carbonyl (C=O) groups excluding carboxylic acids is 3. The Morgan fingerprint density at radius 2 is 1.92 bits per heavy atom. The molecule has 2 aliphatic carbocycles. The standard InChI is InChI=1S/C28H34ClN3O4/c1-14-5-4-6-20(16(14)3)31-26(34)24-28-12-11-21(36-28)22(23(28)27(35)32(24)18-9-10-18)25(33)30-17-8-7-15(2)19(29)13-17/h7-8,11-14,16,18,20-24H,4-6,9-10H2,1-3H3,(H,30,33)(H,31,34). The van der Waals surface area contributed by atoms with Crippen molar-refractivity contribution in [3.05, 3.63) is 40.9 Å². The van der Waals surface area contributed by atoms with Gasteiger partial charge in [0.05, 0.1) is 17.9 Å². The van der Waals surface area contributed by atoms with Gasteiger partial charge in [0.1, 0.15) is 11.6 Å². The van der Waals surface area contributed by atoms with Gasteiger partial charge < -0.3 is 20.3 Å². The molecule has 1 aromatic carbocycles. The molecule has 8 heteroatoms. The normalized spacial score (nSPS) is 38.8. The summed E-state index contributed by atoms with van der Waals surface area (Å²) in [5.74, 6) is -1.07. The molecule has 3 amide bonds. The number of hydrogen-bond acceptors (Lipinski definition) is 4. The minimum Gasteiger partial charge on any atom is -0.359 e. The van der Waals surface area contributed by atoms with E-state index in [0.29, 0.717) is 22.5 Å². The van der Waals surface area contributed by atoms with Crippen molar-refractivity contribution in [1.82, 2.24) is 10.2 Å². The summed E-state index contributed by atoms with van der Waals surface area (Å²) < 4.78 is 6.43. The van der Waals surface area contributed by atoms with Crippen molar-refractivity contribution in [2.45, 2.75) is 82.7 Å². The highest BCUT2D eigenvalue weighted by molar-refractivity contribution is 6.31. The molecule has 1 aromatic rings. The van der Waals surface area contributed by atoms with Crippen LogP contribution < -0.4 is 10.6 Å². The van der Waals surface area contributed by atoms with Crippen LogP contribution in [0.2, 0.25) is 5.02 Å². The number of carbonyl (C=O) groups is 3. The van der Waals surface area contributed by atoms with E-state index in [4.69, 9.17) is 16.3 Å². The lowest BCUT2D eigenvalue weighted by molar-refractivity contribution is -0.142. The molecule has 3 aliphatic heterocycles. The minimum atomic E-state index is -1.11. The second-order valence-electron chi connectivity index (χ2n) is 11.5. The summed E-state index contributed by atoms with van der Waals surface area (Å²) in [5.41, 5.74) is 0.391. The van der Waals surface area contributed by atoms with Gasteiger partial charge >= 0.3 is 0 Å². The zero-order valence-electron chi connectivity index (χ0n) is 21.0. The summed E-state index contributed by atoms with van der Waals surface area (Å²) >= 11 is 6.25. The number of anilines is 1. The van der Waals surface area contributed by atoms with Crippen LogP contribution in [0.25, 0.3) is 0 Å². The molecule has 2 bridgehead atoms. The summed E-state index contributed by atoms with van der Waals surface area (Å²) in [6, 6.07) is 4.73. The Balaban J connectivity index is 1.28. The number of aryl methyl sites for hydroxylation is 1. The number of nitrogens with one attached hydrogen (secondary N) is 2. The quantitative estimate of drug-likeness (QED) is 0.588. The number of likely N-dealkylation sites (tertiary alicyclic amines) is 1. The number of halogens is 1. The first-order valence-electron chi connectivity index (χ1n) is 13.3. The predicted molar refractivity (Wildman–Crippen MR) is 136 cm³/mol. The lowest BCUT2D eigenvalue weighted by Gasteiger charge is -2.38. The third-order valence-electron chi connectivity index (χ3n) is 9.28. The number of ether oxygens (including phenoxy) is 1. The molecular weight excluding hydrogens is 478 g/mol. The Morgan fingerprint density at radius 1 is 1.14 bits per heavy atom. The third kappa shape index (κ3) is 3.61. The van der Waals surface area contributed by atoms with Crippen molar-refractivity contribution >= 4 is 35.0 Å². The summed E-state index contributed by atoms with van der Waals surface area (Å²) in [4.78, 5) is 43.0. The average molecular weight is 512 g/mol. The van der Waals surface area contributed by atoms with Gasteiger partial charge in [-0.1, -0.05) is 56.5 Å². The van der Waals surface area contributed by atoms with Crippen LogP contribution in [0, 0.1) is 30.6 Å². The maximum Gasteiger partial charge on any atom is 0.246 e. The molecule has 0 aromatic heterocycles. The van der Waals surface area contributed by atoms with Crippen LogP contribution in [-0.2, 0) is 19.1 Å². The molecule has 192 valence electrons. The van der Waals surface area contributed by atoms with E-state index in [1.807, 2.05) is 25.1 Å². The zero-order valence-corrected chi connectivity index (χ0v) is 21.8. The summed E-state index contributed by atoms with van der Waals surface area (Å²) in [7, 11) is 0. The van der Waals surface area contributed by atoms with Crippen LogP contribution in [0.15, 0.2) is 30.4 Å². The van der Waals surface area contributed by atoms with Gasteiger partial charge in [0.25, 0.3) is 0 Å². The van der Waals surface area contributed by atoms with E-state index in [2.05, 4.69) is 24.5 Å². The number of hydrogen-bond donors (Lipinski definition) is 2. The fraction of sp³-hybridized carbons (Fsp3) is 0.607. The second-order valence-corrected chi connectivity index (χ2v) is 11.9. The van der Waals surface area contributed by atoms with E-state index >= 15 is 0 Å².